The van der Waals surface area contributed by atoms with Crippen LogP contribution in [-0.4, -0.2) is 10.9 Å². The standard InChI is InChI=1S/C20H19BrN2OS/c1-3-13-5-7-15(8-6-13)19(24)23-20-22-18(17(4-2)25-20)14-9-11-16(21)12-10-14/h5-12H,3-4H2,1-2H3,(H,22,23,24). The lowest BCUT2D eigenvalue weighted by Gasteiger charge is -2.03. The highest BCUT2D eigenvalue weighted by molar-refractivity contribution is 9.10. The smallest absolute Gasteiger partial charge is 0.257 e. The van der Waals surface area contributed by atoms with Crippen molar-refractivity contribution in [3.8, 4) is 11.3 Å². The number of carbonyl (C=O) groups is 1. The number of anilines is 1. The van der Waals surface area contributed by atoms with Crippen molar-refractivity contribution in [2.75, 3.05) is 5.32 Å². The van der Waals surface area contributed by atoms with Gasteiger partial charge in [0.2, 0.25) is 0 Å². The van der Waals surface area contributed by atoms with Crippen LogP contribution in [0.25, 0.3) is 11.3 Å². The summed E-state index contributed by atoms with van der Waals surface area (Å²) in [5.41, 5.74) is 3.87. The van der Waals surface area contributed by atoms with E-state index >= 15 is 0 Å². The highest BCUT2D eigenvalue weighted by atomic mass is 79.9. The Kier molecular flexibility index (Phi) is 5.66. The van der Waals surface area contributed by atoms with Gasteiger partial charge in [0.1, 0.15) is 0 Å². The Morgan fingerprint density at radius 1 is 1.04 bits per heavy atom. The largest absolute Gasteiger partial charge is 0.298 e. The molecule has 0 aliphatic rings. The molecule has 0 unspecified atom stereocenters. The first kappa shape index (κ1) is 17.8. The summed E-state index contributed by atoms with van der Waals surface area (Å²) in [5.74, 6) is -0.124. The van der Waals surface area contributed by atoms with Crippen molar-refractivity contribution in [1.82, 2.24) is 4.98 Å². The monoisotopic (exact) mass is 414 g/mol. The van der Waals surface area contributed by atoms with Crippen molar-refractivity contribution < 1.29 is 4.79 Å². The molecule has 0 saturated carbocycles. The molecule has 1 N–H and O–H groups in total. The van der Waals surface area contributed by atoms with E-state index in [4.69, 9.17) is 0 Å². The summed E-state index contributed by atoms with van der Waals surface area (Å²) >= 11 is 4.99. The van der Waals surface area contributed by atoms with Gasteiger partial charge in [-0.15, -0.1) is 11.3 Å². The molecule has 0 aliphatic heterocycles. The van der Waals surface area contributed by atoms with Crippen LogP contribution in [-0.2, 0) is 12.8 Å². The molecule has 3 aromatic rings. The van der Waals surface area contributed by atoms with Crippen LogP contribution in [0.15, 0.2) is 53.0 Å². The van der Waals surface area contributed by atoms with E-state index in [0.717, 1.165) is 28.6 Å². The summed E-state index contributed by atoms with van der Waals surface area (Å²) in [7, 11) is 0. The van der Waals surface area contributed by atoms with Gasteiger partial charge in [-0.2, -0.15) is 0 Å². The van der Waals surface area contributed by atoms with Gasteiger partial charge in [-0.1, -0.05) is 54.0 Å². The minimum Gasteiger partial charge on any atom is -0.298 e. The van der Waals surface area contributed by atoms with Gasteiger partial charge in [0.15, 0.2) is 5.13 Å². The lowest BCUT2D eigenvalue weighted by molar-refractivity contribution is 0.102. The van der Waals surface area contributed by atoms with Crippen LogP contribution in [0.5, 0.6) is 0 Å². The van der Waals surface area contributed by atoms with E-state index in [-0.39, 0.29) is 5.91 Å². The number of hydrogen-bond donors (Lipinski definition) is 1. The Hall–Kier alpha value is -1.98. The van der Waals surface area contributed by atoms with Crippen LogP contribution in [0.2, 0.25) is 0 Å². The first-order valence-corrected chi connectivity index (χ1v) is 9.87. The van der Waals surface area contributed by atoms with E-state index in [1.165, 1.54) is 21.8 Å². The van der Waals surface area contributed by atoms with Crippen LogP contribution in [0, 0.1) is 0 Å². The average Bonchev–Trinajstić information content (AvgIpc) is 3.05. The molecule has 0 saturated heterocycles. The van der Waals surface area contributed by atoms with Crippen molar-refractivity contribution in [2.45, 2.75) is 26.7 Å². The fraction of sp³-hybridized carbons (Fsp3) is 0.200. The molecule has 1 aromatic heterocycles. The minimum absolute atomic E-state index is 0.124. The Labute approximate surface area is 160 Å². The number of nitrogens with zero attached hydrogens (tertiary/aromatic N) is 1. The highest BCUT2D eigenvalue weighted by Gasteiger charge is 2.14. The first-order chi connectivity index (χ1) is 12.1. The van der Waals surface area contributed by atoms with Gasteiger partial charge in [0.05, 0.1) is 5.69 Å². The third kappa shape index (κ3) is 4.17. The van der Waals surface area contributed by atoms with Gasteiger partial charge >= 0.3 is 0 Å². The molecule has 128 valence electrons. The minimum atomic E-state index is -0.124. The average molecular weight is 415 g/mol. The Bertz CT molecular complexity index is 870. The SMILES string of the molecule is CCc1ccc(C(=O)Nc2nc(-c3ccc(Br)cc3)c(CC)s2)cc1. The number of amides is 1. The zero-order chi connectivity index (χ0) is 17.8. The molecule has 0 spiro atoms. The van der Waals surface area contributed by atoms with Crippen molar-refractivity contribution in [2.24, 2.45) is 0 Å². The Balaban J connectivity index is 1.82. The van der Waals surface area contributed by atoms with Crippen molar-refractivity contribution >= 4 is 38.3 Å². The van der Waals surface area contributed by atoms with Gasteiger partial charge in [-0.05, 0) is 42.7 Å². The number of nitrogens with one attached hydrogen (secondary N) is 1. The van der Waals surface area contributed by atoms with Gasteiger partial charge in [-0.3, -0.25) is 10.1 Å². The summed E-state index contributed by atoms with van der Waals surface area (Å²) in [6.07, 6.45) is 1.84. The molecule has 0 radical (unpaired) electrons. The number of aryl methyl sites for hydroxylation is 2. The predicted octanol–water partition coefficient (Wildman–Crippen LogP) is 5.95. The molecule has 5 heteroatoms. The molecule has 0 bridgehead atoms. The van der Waals surface area contributed by atoms with E-state index < -0.39 is 0 Å². The van der Waals surface area contributed by atoms with Crippen LogP contribution < -0.4 is 5.32 Å². The van der Waals surface area contributed by atoms with E-state index in [0.29, 0.717) is 10.7 Å². The maximum absolute atomic E-state index is 12.5. The molecule has 3 nitrogen and oxygen atoms in total. The zero-order valence-electron chi connectivity index (χ0n) is 14.2. The van der Waals surface area contributed by atoms with Crippen LogP contribution in [0.3, 0.4) is 0 Å². The lowest BCUT2D eigenvalue weighted by Crippen LogP contribution is -2.11. The van der Waals surface area contributed by atoms with Gasteiger partial charge < -0.3 is 0 Å². The zero-order valence-corrected chi connectivity index (χ0v) is 16.6. The number of rotatable bonds is 5. The first-order valence-electron chi connectivity index (χ1n) is 8.26. The van der Waals surface area contributed by atoms with Crippen molar-refractivity contribution in [3.05, 3.63) is 69.0 Å². The van der Waals surface area contributed by atoms with Gasteiger partial charge in [0.25, 0.3) is 5.91 Å². The molecule has 1 heterocycles. The molecule has 25 heavy (non-hydrogen) atoms. The molecule has 2 aromatic carbocycles. The quantitative estimate of drug-likeness (QED) is 0.560. The second-order valence-electron chi connectivity index (χ2n) is 5.66. The fourth-order valence-electron chi connectivity index (χ4n) is 2.54. The van der Waals surface area contributed by atoms with E-state index in [2.05, 4.69) is 40.1 Å². The lowest BCUT2D eigenvalue weighted by atomic mass is 10.1. The molecular formula is C20H19BrN2OS. The normalized spacial score (nSPS) is 10.7. The number of halogens is 1. The summed E-state index contributed by atoms with van der Waals surface area (Å²) < 4.78 is 1.04. The third-order valence-electron chi connectivity index (χ3n) is 3.98. The van der Waals surface area contributed by atoms with Gasteiger partial charge in [0, 0.05) is 20.5 Å². The molecular weight excluding hydrogens is 396 g/mol. The third-order valence-corrected chi connectivity index (χ3v) is 5.62. The second kappa shape index (κ2) is 7.93. The van der Waals surface area contributed by atoms with E-state index in [9.17, 15) is 4.79 Å². The number of hydrogen-bond acceptors (Lipinski definition) is 3. The second-order valence-corrected chi connectivity index (χ2v) is 7.66. The summed E-state index contributed by atoms with van der Waals surface area (Å²) in [4.78, 5) is 18.3. The summed E-state index contributed by atoms with van der Waals surface area (Å²) in [6, 6.07) is 15.8. The number of thiazole rings is 1. The number of carbonyl (C=O) groups excluding carboxylic acids is 1. The van der Waals surface area contributed by atoms with Crippen molar-refractivity contribution in [3.63, 3.8) is 0 Å². The van der Waals surface area contributed by atoms with E-state index in [1.807, 2.05) is 48.5 Å². The highest BCUT2D eigenvalue weighted by Crippen LogP contribution is 2.32. The summed E-state index contributed by atoms with van der Waals surface area (Å²) in [6.45, 7) is 4.20. The number of aromatic nitrogens is 1. The molecule has 1 amide bonds. The number of benzene rings is 2. The predicted molar refractivity (Wildman–Crippen MR) is 108 cm³/mol. The fourth-order valence-corrected chi connectivity index (χ4v) is 3.72. The molecule has 0 fully saturated rings. The van der Waals surface area contributed by atoms with Crippen LogP contribution >= 0.6 is 27.3 Å². The van der Waals surface area contributed by atoms with Crippen LogP contribution in [0.4, 0.5) is 5.13 Å². The Morgan fingerprint density at radius 2 is 1.72 bits per heavy atom. The summed E-state index contributed by atoms with van der Waals surface area (Å²) in [5, 5.41) is 3.57. The molecule has 0 aliphatic carbocycles. The topological polar surface area (TPSA) is 42.0 Å². The van der Waals surface area contributed by atoms with E-state index in [1.54, 1.807) is 0 Å². The Morgan fingerprint density at radius 3 is 2.32 bits per heavy atom. The van der Waals surface area contributed by atoms with Crippen LogP contribution in [0.1, 0.15) is 34.6 Å². The molecule has 0 atom stereocenters. The maximum atomic E-state index is 12.5. The maximum Gasteiger partial charge on any atom is 0.257 e. The molecule has 3 rings (SSSR count). The van der Waals surface area contributed by atoms with Gasteiger partial charge in [-0.25, -0.2) is 4.98 Å². The van der Waals surface area contributed by atoms with Crippen molar-refractivity contribution in [1.29, 1.82) is 0 Å².